The molecule has 0 aliphatic rings. The van der Waals surface area contributed by atoms with Gasteiger partial charge in [0.05, 0.1) is 0 Å². The Labute approximate surface area is 382 Å². The van der Waals surface area contributed by atoms with Gasteiger partial charge < -0.3 is 14.2 Å². The molecule has 0 fully saturated rings. The van der Waals surface area contributed by atoms with E-state index in [1.54, 1.807) is 0 Å². The number of unbranched alkanes of at least 4 members (excludes halogenated alkanes) is 23. The Kier molecular flexibility index (Phi) is 47.9. The summed E-state index contributed by atoms with van der Waals surface area (Å²) in [5, 5.41) is 0. The Morgan fingerprint density at radius 3 is 1.05 bits per heavy atom. The maximum absolute atomic E-state index is 12.8. The topological polar surface area (TPSA) is 78.9 Å². The summed E-state index contributed by atoms with van der Waals surface area (Å²) in [5.41, 5.74) is 0. The number of hydrogen-bond acceptors (Lipinski definition) is 6. The standard InChI is InChI=1S/C56H96O6/c1-4-7-10-13-16-19-22-25-26-27-28-29-30-32-34-37-40-43-46-49-55(58)61-52-53(51-60-54(57)48-45-42-39-36-33-24-21-18-15-12-9-6-3)62-56(59)50-47-44-41-38-35-31-23-20-17-14-11-8-5-2/h7,10,16,18-19,21,25-26,28-29,31,35,53H,4-6,8-9,11-15,17,20,22-24,27,30,32-34,36-52H2,1-3H3/b10-7-,19-16-,21-18-,26-25-,29-28-,35-31-. The SMILES string of the molecule is CC/C=C\C/C=C\C/C=C\C/C=C\CCCCCCCCC(=O)OCC(COC(=O)CCCCCCC/C=C\CCCCC)OC(=O)CCCCC/C=C\CCCCCCCC. The smallest absolute Gasteiger partial charge is 0.306 e. The van der Waals surface area contributed by atoms with E-state index in [-0.39, 0.29) is 31.1 Å². The van der Waals surface area contributed by atoms with Crippen LogP contribution < -0.4 is 0 Å². The van der Waals surface area contributed by atoms with E-state index in [1.165, 1.54) is 96.3 Å². The van der Waals surface area contributed by atoms with Gasteiger partial charge in [0.1, 0.15) is 13.2 Å². The van der Waals surface area contributed by atoms with Crippen molar-refractivity contribution in [2.45, 2.75) is 252 Å². The summed E-state index contributed by atoms with van der Waals surface area (Å²) in [6.07, 6.45) is 63.1. The average molecular weight is 865 g/mol. The largest absolute Gasteiger partial charge is 0.462 e. The van der Waals surface area contributed by atoms with Gasteiger partial charge in [-0.2, -0.15) is 0 Å². The zero-order chi connectivity index (χ0) is 45.1. The molecule has 0 aliphatic heterocycles. The highest BCUT2D eigenvalue weighted by molar-refractivity contribution is 5.71. The molecule has 1 atom stereocenters. The number of hydrogen-bond donors (Lipinski definition) is 0. The highest BCUT2D eigenvalue weighted by Gasteiger charge is 2.19. The maximum Gasteiger partial charge on any atom is 0.306 e. The third-order valence-corrected chi connectivity index (χ3v) is 10.9. The quantitative estimate of drug-likeness (QED) is 0.0262. The molecule has 62 heavy (non-hydrogen) atoms. The van der Waals surface area contributed by atoms with E-state index < -0.39 is 6.10 Å². The molecule has 0 N–H and O–H groups in total. The van der Waals surface area contributed by atoms with Crippen LogP contribution >= 0.6 is 0 Å². The van der Waals surface area contributed by atoms with Crippen LogP contribution in [0.15, 0.2) is 72.9 Å². The number of rotatable bonds is 46. The van der Waals surface area contributed by atoms with Crippen LogP contribution in [-0.4, -0.2) is 37.2 Å². The molecule has 1 unspecified atom stereocenters. The molecule has 0 heterocycles. The molecular formula is C56H96O6. The van der Waals surface area contributed by atoms with E-state index in [2.05, 4.69) is 93.7 Å². The van der Waals surface area contributed by atoms with Crippen molar-refractivity contribution in [1.29, 1.82) is 0 Å². The van der Waals surface area contributed by atoms with Crippen molar-refractivity contribution in [3.63, 3.8) is 0 Å². The first-order valence-corrected chi connectivity index (χ1v) is 25.9. The summed E-state index contributed by atoms with van der Waals surface area (Å²) in [5.74, 6) is -0.929. The fraction of sp³-hybridized carbons (Fsp3) is 0.732. The number of allylic oxidation sites excluding steroid dienone is 12. The van der Waals surface area contributed by atoms with Gasteiger partial charge in [0.25, 0.3) is 0 Å². The van der Waals surface area contributed by atoms with Gasteiger partial charge in [0.2, 0.25) is 0 Å². The zero-order valence-corrected chi connectivity index (χ0v) is 40.6. The minimum Gasteiger partial charge on any atom is -0.462 e. The normalized spacial score (nSPS) is 12.6. The molecule has 6 heteroatoms. The van der Waals surface area contributed by atoms with Crippen LogP contribution in [0.5, 0.6) is 0 Å². The van der Waals surface area contributed by atoms with Gasteiger partial charge in [0.15, 0.2) is 6.10 Å². The van der Waals surface area contributed by atoms with Crippen molar-refractivity contribution in [1.82, 2.24) is 0 Å². The minimum absolute atomic E-state index is 0.0905. The van der Waals surface area contributed by atoms with Gasteiger partial charge in [-0.15, -0.1) is 0 Å². The monoisotopic (exact) mass is 865 g/mol. The predicted molar refractivity (Wildman–Crippen MR) is 265 cm³/mol. The molecule has 0 rings (SSSR count). The second-order valence-electron chi connectivity index (χ2n) is 17.0. The van der Waals surface area contributed by atoms with E-state index in [9.17, 15) is 14.4 Å². The number of carbonyl (C=O) groups excluding carboxylic acids is 3. The van der Waals surface area contributed by atoms with Crippen LogP contribution in [0.1, 0.15) is 245 Å². The third-order valence-electron chi connectivity index (χ3n) is 10.9. The van der Waals surface area contributed by atoms with E-state index in [0.717, 1.165) is 109 Å². The van der Waals surface area contributed by atoms with Crippen molar-refractivity contribution in [2.75, 3.05) is 13.2 Å². The van der Waals surface area contributed by atoms with Gasteiger partial charge in [-0.3, -0.25) is 14.4 Å². The summed E-state index contributed by atoms with van der Waals surface area (Å²) in [4.78, 5) is 37.9. The lowest BCUT2D eigenvalue weighted by atomic mass is 10.1. The second-order valence-corrected chi connectivity index (χ2v) is 17.0. The van der Waals surface area contributed by atoms with E-state index in [1.807, 2.05) is 0 Å². The lowest BCUT2D eigenvalue weighted by Gasteiger charge is -2.18. The second kappa shape index (κ2) is 50.5. The Hall–Kier alpha value is -3.15. The molecule has 0 aromatic rings. The Morgan fingerprint density at radius 1 is 0.339 bits per heavy atom. The van der Waals surface area contributed by atoms with Crippen molar-refractivity contribution in [2.24, 2.45) is 0 Å². The number of esters is 3. The van der Waals surface area contributed by atoms with Crippen molar-refractivity contribution in [3.8, 4) is 0 Å². The third kappa shape index (κ3) is 47.9. The molecule has 6 nitrogen and oxygen atoms in total. The molecule has 356 valence electrons. The molecular weight excluding hydrogens is 769 g/mol. The van der Waals surface area contributed by atoms with Crippen LogP contribution in [0, 0.1) is 0 Å². The molecule has 0 bridgehead atoms. The summed E-state index contributed by atoms with van der Waals surface area (Å²) in [6.45, 7) is 6.46. The molecule has 0 spiro atoms. The van der Waals surface area contributed by atoms with Crippen molar-refractivity contribution < 1.29 is 28.6 Å². The maximum atomic E-state index is 12.8. The average Bonchev–Trinajstić information content (AvgIpc) is 3.27. The van der Waals surface area contributed by atoms with Gasteiger partial charge in [-0.05, 0) is 109 Å². The molecule has 0 saturated heterocycles. The van der Waals surface area contributed by atoms with Crippen molar-refractivity contribution in [3.05, 3.63) is 72.9 Å². The van der Waals surface area contributed by atoms with Crippen LogP contribution in [0.25, 0.3) is 0 Å². The first-order valence-electron chi connectivity index (χ1n) is 25.9. The van der Waals surface area contributed by atoms with Gasteiger partial charge in [-0.1, -0.05) is 190 Å². The first-order chi connectivity index (χ1) is 30.5. The molecule has 0 radical (unpaired) electrons. The van der Waals surface area contributed by atoms with E-state index in [0.29, 0.717) is 19.3 Å². The van der Waals surface area contributed by atoms with Gasteiger partial charge in [-0.25, -0.2) is 0 Å². The Bertz CT molecular complexity index is 1180. The summed E-state index contributed by atoms with van der Waals surface area (Å²) < 4.78 is 16.8. The van der Waals surface area contributed by atoms with Crippen molar-refractivity contribution >= 4 is 17.9 Å². The summed E-state index contributed by atoms with van der Waals surface area (Å²) >= 11 is 0. The number of carbonyl (C=O) groups is 3. The molecule has 0 amide bonds. The Morgan fingerprint density at radius 2 is 0.629 bits per heavy atom. The van der Waals surface area contributed by atoms with E-state index >= 15 is 0 Å². The number of ether oxygens (including phenoxy) is 3. The summed E-state index contributed by atoms with van der Waals surface area (Å²) in [7, 11) is 0. The molecule has 0 aliphatic carbocycles. The Balaban J connectivity index is 4.40. The fourth-order valence-electron chi connectivity index (χ4n) is 7.01. The van der Waals surface area contributed by atoms with Gasteiger partial charge >= 0.3 is 17.9 Å². The molecule has 0 aromatic carbocycles. The molecule has 0 saturated carbocycles. The predicted octanol–water partition coefficient (Wildman–Crippen LogP) is 17.0. The van der Waals surface area contributed by atoms with E-state index in [4.69, 9.17) is 14.2 Å². The van der Waals surface area contributed by atoms with Gasteiger partial charge in [0, 0.05) is 19.3 Å². The molecule has 0 aromatic heterocycles. The lowest BCUT2D eigenvalue weighted by Crippen LogP contribution is -2.30. The lowest BCUT2D eigenvalue weighted by molar-refractivity contribution is -0.167. The zero-order valence-electron chi connectivity index (χ0n) is 40.6. The summed E-state index contributed by atoms with van der Waals surface area (Å²) in [6, 6.07) is 0. The van der Waals surface area contributed by atoms with Crippen LogP contribution in [0.2, 0.25) is 0 Å². The highest BCUT2D eigenvalue weighted by atomic mass is 16.6. The van der Waals surface area contributed by atoms with Crippen LogP contribution in [0.3, 0.4) is 0 Å². The van der Waals surface area contributed by atoms with Crippen LogP contribution in [-0.2, 0) is 28.6 Å². The fourth-order valence-corrected chi connectivity index (χ4v) is 7.01. The minimum atomic E-state index is -0.791. The van der Waals surface area contributed by atoms with Crippen LogP contribution in [0.4, 0.5) is 0 Å². The first kappa shape index (κ1) is 58.9. The highest BCUT2D eigenvalue weighted by Crippen LogP contribution is 2.13.